The number of halogens is 1. The van der Waals surface area contributed by atoms with Crippen molar-refractivity contribution >= 4 is 17.6 Å². The van der Waals surface area contributed by atoms with E-state index in [0.717, 1.165) is 24.0 Å². The van der Waals surface area contributed by atoms with Crippen molar-refractivity contribution in [2.24, 2.45) is 0 Å². The third-order valence-electron chi connectivity index (χ3n) is 5.91. The van der Waals surface area contributed by atoms with E-state index in [1.54, 1.807) is 0 Å². The summed E-state index contributed by atoms with van der Waals surface area (Å²) < 4.78 is 0. The van der Waals surface area contributed by atoms with Crippen LogP contribution in [0.3, 0.4) is 0 Å². The van der Waals surface area contributed by atoms with Gasteiger partial charge in [0.2, 0.25) is 0 Å². The van der Waals surface area contributed by atoms with Crippen molar-refractivity contribution in [3.05, 3.63) is 69.7 Å². The normalized spacial score (nSPS) is 18.8. The van der Waals surface area contributed by atoms with Crippen molar-refractivity contribution in [1.29, 1.82) is 0 Å². The van der Waals surface area contributed by atoms with Crippen molar-refractivity contribution in [3.8, 4) is 0 Å². The number of carbonyl (C=O) groups is 1. The van der Waals surface area contributed by atoms with Gasteiger partial charge in [-0.1, -0.05) is 69.6 Å². The van der Waals surface area contributed by atoms with Gasteiger partial charge >= 0.3 is 5.97 Å². The quantitative estimate of drug-likeness (QED) is 0.705. The van der Waals surface area contributed by atoms with Crippen molar-refractivity contribution < 1.29 is 9.90 Å². The molecule has 0 unspecified atom stereocenters. The maximum absolute atomic E-state index is 12.0. The zero-order chi connectivity index (χ0) is 19.1. The van der Waals surface area contributed by atoms with Crippen LogP contribution in [-0.4, -0.2) is 11.1 Å². The Morgan fingerprint density at radius 3 is 2.31 bits per heavy atom. The Hall–Kier alpha value is -1.80. The van der Waals surface area contributed by atoms with E-state index in [-0.39, 0.29) is 10.8 Å². The van der Waals surface area contributed by atoms with Gasteiger partial charge in [0.15, 0.2) is 0 Å². The monoisotopic (exact) mass is 370 g/mol. The van der Waals surface area contributed by atoms with Crippen LogP contribution >= 0.6 is 11.6 Å². The van der Waals surface area contributed by atoms with Crippen LogP contribution in [0.15, 0.2) is 42.5 Å². The maximum Gasteiger partial charge on any atom is 0.311 e. The van der Waals surface area contributed by atoms with Gasteiger partial charge in [-0.25, -0.2) is 0 Å². The van der Waals surface area contributed by atoms with E-state index in [1.165, 1.54) is 11.1 Å². The zero-order valence-electron chi connectivity index (χ0n) is 16.0. The van der Waals surface area contributed by atoms with E-state index in [4.69, 9.17) is 11.6 Å². The molecule has 3 heteroatoms. The highest BCUT2D eigenvalue weighted by Gasteiger charge is 2.37. The summed E-state index contributed by atoms with van der Waals surface area (Å²) in [5.74, 6) is -1.36. The minimum absolute atomic E-state index is 0.0694. The lowest BCUT2D eigenvalue weighted by Gasteiger charge is -2.42. The molecule has 1 aliphatic carbocycles. The van der Waals surface area contributed by atoms with E-state index >= 15 is 0 Å². The molecule has 2 aromatic carbocycles. The number of hydrogen-bond acceptors (Lipinski definition) is 1. The first-order chi connectivity index (χ1) is 12.1. The minimum atomic E-state index is -0.794. The van der Waals surface area contributed by atoms with Crippen LogP contribution in [-0.2, 0) is 22.0 Å². The highest BCUT2D eigenvalue weighted by Crippen LogP contribution is 2.46. The molecule has 1 atom stereocenters. The van der Waals surface area contributed by atoms with Crippen molar-refractivity contribution in [2.45, 2.75) is 63.7 Å². The first-order valence-electron chi connectivity index (χ1n) is 9.22. The summed E-state index contributed by atoms with van der Waals surface area (Å²) >= 11 is 6.07. The predicted octanol–water partition coefficient (Wildman–Crippen LogP) is 6.10. The Balaban J connectivity index is 2.02. The number of fused-ring (bicyclic) bond motifs is 1. The molecule has 2 nitrogen and oxygen atoms in total. The summed E-state index contributed by atoms with van der Waals surface area (Å²) in [6, 6.07) is 13.8. The van der Waals surface area contributed by atoms with Crippen molar-refractivity contribution in [2.75, 3.05) is 0 Å². The summed E-state index contributed by atoms with van der Waals surface area (Å²) in [6.45, 7) is 9.08. The molecule has 0 fully saturated rings. The van der Waals surface area contributed by atoms with Gasteiger partial charge in [0, 0.05) is 5.02 Å². The van der Waals surface area contributed by atoms with E-state index < -0.39 is 11.9 Å². The van der Waals surface area contributed by atoms with Crippen LogP contribution in [0.2, 0.25) is 5.02 Å². The Labute approximate surface area is 161 Å². The fourth-order valence-corrected chi connectivity index (χ4v) is 4.28. The van der Waals surface area contributed by atoms with Gasteiger partial charge in [-0.05, 0) is 64.5 Å². The third kappa shape index (κ3) is 3.66. The highest BCUT2D eigenvalue weighted by molar-refractivity contribution is 6.30. The summed E-state index contributed by atoms with van der Waals surface area (Å²) in [7, 11) is 0. The van der Waals surface area contributed by atoms with Gasteiger partial charge in [-0.15, -0.1) is 0 Å². The molecule has 0 aromatic heterocycles. The van der Waals surface area contributed by atoms with Crippen molar-refractivity contribution in [1.82, 2.24) is 0 Å². The first kappa shape index (κ1) is 19.0. The van der Waals surface area contributed by atoms with Crippen LogP contribution in [0.4, 0.5) is 0 Å². The molecular formula is C23H27ClO2. The van der Waals surface area contributed by atoms with E-state index in [1.807, 2.05) is 30.3 Å². The fraction of sp³-hybridized carbons (Fsp3) is 0.435. The molecule has 2 aromatic rings. The number of benzene rings is 2. The van der Waals surface area contributed by atoms with Gasteiger partial charge in [0.1, 0.15) is 0 Å². The summed E-state index contributed by atoms with van der Waals surface area (Å²) in [5, 5.41) is 10.5. The highest BCUT2D eigenvalue weighted by atomic mass is 35.5. The molecule has 0 saturated carbocycles. The molecule has 0 heterocycles. The Morgan fingerprint density at radius 2 is 1.69 bits per heavy atom. The van der Waals surface area contributed by atoms with E-state index in [2.05, 4.69) is 39.8 Å². The smallest absolute Gasteiger partial charge is 0.311 e. The molecule has 138 valence electrons. The Bertz CT molecular complexity index is 836. The lowest BCUT2D eigenvalue weighted by atomic mass is 9.62. The minimum Gasteiger partial charge on any atom is -0.481 e. The molecular weight excluding hydrogens is 344 g/mol. The second-order valence-electron chi connectivity index (χ2n) is 8.80. The Morgan fingerprint density at radius 1 is 1.04 bits per heavy atom. The van der Waals surface area contributed by atoms with Crippen LogP contribution in [0.5, 0.6) is 0 Å². The average molecular weight is 371 g/mol. The van der Waals surface area contributed by atoms with Gasteiger partial charge in [0.05, 0.1) is 5.92 Å². The zero-order valence-corrected chi connectivity index (χ0v) is 16.7. The largest absolute Gasteiger partial charge is 0.481 e. The average Bonchev–Trinajstić information content (AvgIpc) is 2.56. The number of carboxylic acids is 1. The molecule has 0 bridgehead atoms. The van der Waals surface area contributed by atoms with Gasteiger partial charge in [-0.3, -0.25) is 4.79 Å². The van der Waals surface area contributed by atoms with Gasteiger partial charge < -0.3 is 5.11 Å². The van der Waals surface area contributed by atoms with Crippen LogP contribution in [0.1, 0.15) is 68.7 Å². The van der Waals surface area contributed by atoms with E-state index in [0.29, 0.717) is 11.4 Å². The summed E-state index contributed by atoms with van der Waals surface area (Å²) in [4.78, 5) is 12.0. The lowest BCUT2D eigenvalue weighted by molar-refractivity contribution is -0.138. The number of aliphatic carboxylic acids is 1. The lowest BCUT2D eigenvalue weighted by Crippen LogP contribution is -2.34. The molecule has 0 saturated heterocycles. The molecule has 0 radical (unpaired) electrons. The van der Waals surface area contributed by atoms with Crippen LogP contribution < -0.4 is 0 Å². The standard InChI is InChI=1S/C23H27ClO2/c1-22(2)10-11-23(3,4)20-14-16(8-9-19(20)22)18(21(25)26)13-15-6-5-7-17(24)12-15/h5-9,12,14,18H,10-11,13H2,1-4H3,(H,25,26)/t18-/m0/s1. The van der Waals surface area contributed by atoms with Crippen molar-refractivity contribution in [3.63, 3.8) is 0 Å². The number of rotatable bonds is 4. The second-order valence-corrected chi connectivity index (χ2v) is 9.23. The second kappa shape index (κ2) is 6.74. The molecule has 3 rings (SSSR count). The molecule has 1 aliphatic rings. The summed E-state index contributed by atoms with van der Waals surface area (Å²) in [6.07, 6.45) is 2.71. The molecule has 0 aliphatic heterocycles. The van der Waals surface area contributed by atoms with Crippen LogP contribution in [0, 0.1) is 0 Å². The molecule has 0 spiro atoms. The third-order valence-corrected chi connectivity index (χ3v) is 6.14. The fourth-order valence-electron chi connectivity index (χ4n) is 4.07. The maximum atomic E-state index is 12.0. The van der Waals surface area contributed by atoms with Crippen LogP contribution in [0.25, 0.3) is 0 Å². The molecule has 1 N–H and O–H groups in total. The topological polar surface area (TPSA) is 37.3 Å². The Kier molecular flexibility index (Phi) is 4.92. The predicted molar refractivity (Wildman–Crippen MR) is 107 cm³/mol. The number of carboxylic acid groups (broad SMARTS) is 1. The SMILES string of the molecule is CC1(C)CCC(C)(C)c2cc([C@H](Cc3cccc(Cl)c3)C(=O)O)ccc21. The van der Waals surface area contributed by atoms with Gasteiger partial charge in [-0.2, -0.15) is 0 Å². The molecule has 26 heavy (non-hydrogen) atoms. The van der Waals surface area contributed by atoms with E-state index in [9.17, 15) is 9.90 Å². The first-order valence-corrected chi connectivity index (χ1v) is 9.60. The molecule has 0 amide bonds. The number of hydrogen-bond donors (Lipinski definition) is 1. The van der Waals surface area contributed by atoms with Gasteiger partial charge in [0.25, 0.3) is 0 Å². The summed E-state index contributed by atoms with van der Waals surface area (Å²) in [5.41, 5.74) is 4.67.